The molecule has 2 rings (SSSR count). The molecule has 0 atom stereocenters. The molecule has 1 N–H and O–H groups in total. The van der Waals surface area contributed by atoms with E-state index in [-0.39, 0.29) is 25.0 Å². The summed E-state index contributed by atoms with van der Waals surface area (Å²) in [6, 6.07) is 6.07. The third kappa shape index (κ3) is 4.56. The lowest BCUT2D eigenvalue weighted by molar-refractivity contribution is -0.144. The number of aryl methyl sites for hydroxylation is 2. The van der Waals surface area contributed by atoms with Gasteiger partial charge in [-0.2, -0.15) is 0 Å². The third-order valence-corrected chi connectivity index (χ3v) is 3.50. The van der Waals surface area contributed by atoms with Crippen LogP contribution in [-0.2, 0) is 27.2 Å². The highest BCUT2D eigenvalue weighted by Gasteiger charge is 2.14. The number of hydrogen-bond acceptors (Lipinski definition) is 4. The highest BCUT2D eigenvalue weighted by Crippen LogP contribution is 2.24. The van der Waals surface area contributed by atoms with Gasteiger partial charge in [0.15, 0.2) is 0 Å². The number of amides is 1. The van der Waals surface area contributed by atoms with E-state index in [0.717, 1.165) is 18.5 Å². The predicted octanol–water partition coefficient (Wildman–Crippen LogP) is 1.61. The van der Waals surface area contributed by atoms with Crippen LogP contribution in [0.15, 0.2) is 18.2 Å². The molecule has 0 unspecified atom stereocenters. The largest absolute Gasteiger partial charge is 0.465 e. The quantitative estimate of drug-likeness (QED) is 0.809. The number of benzene rings is 1. The van der Waals surface area contributed by atoms with Gasteiger partial charge in [-0.05, 0) is 56.5 Å². The van der Waals surface area contributed by atoms with Crippen LogP contribution in [0.25, 0.3) is 0 Å². The average Bonchev–Trinajstić information content (AvgIpc) is 2.85. The van der Waals surface area contributed by atoms with E-state index >= 15 is 0 Å². The Balaban J connectivity index is 1.83. The maximum absolute atomic E-state index is 12.0. The van der Waals surface area contributed by atoms with Crippen molar-refractivity contribution in [3.8, 4) is 0 Å². The molecule has 1 aliphatic carbocycles. The van der Waals surface area contributed by atoms with Gasteiger partial charge >= 0.3 is 5.97 Å². The van der Waals surface area contributed by atoms with Gasteiger partial charge in [0.05, 0.1) is 19.7 Å². The molecule has 5 heteroatoms. The van der Waals surface area contributed by atoms with Crippen LogP contribution < -0.4 is 5.32 Å². The van der Waals surface area contributed by atoms with Gasteiger partial charge in [-0.25, -0.2) is 0 Å². The fraction of sp³-hybridized carbons (Fsp3) is 0.500. The van der Waals surface area contributed by atoms with Crippen molar-refractivity contribution in [2.24, 2.45) is 0 Å². The lowest BCUT2D eigenvalue weighted by Gasteiger charge is -2.15. The summed E-state index contributed by atoms with van der Waals surface area (Å²) >= 11 is 0. The molecule has 0 fully saturated rings. The van der Waals surface area contributed by atoms with Crippen LogP contribution in [0.2, 0.25) is 0 Å². The summed E-state index contributed by atoms with van der Waals surface area (Å²) in [6.07, 6.45) is 3.41. The summed E-state index contributed by atoms with van der Waals surface area (Å²) in [7, 11) is 1.72. The molecule has 0 bridgehead atoms. The molecule has 1 amide bonds. The maximum Gasteiger partial charge on any atom is 0.320 e. The smallest absolute Gasteiger partial charge is 0.320 e. The standard InChI is InChI=1S/C16H22N2O3/c1-3-21-16(20)11-18(2)10-15(19)17-14-8-7-12-5-4-6-13(12)9-14/h7-9H,3-6,10-11H2,1-2H3,(H,17,19). The average molecular weight is 290 g/mol. The van der Waals surface area contributed by atoms with Gasteiger partial charge in [-0.3, -0.25) is 14.5 Å². The van der Waals surface area contributed by atoms with Crippen molar-refractivity contribution in [2.75, 3.05) is 32.1 Å². The van der Waals surface area contributed by atoms with E-state index in [9.17, 15) is 9.59 Å². The summed E-state index contributed by atoms with van der Waals surface area (Å²) in [5.74, 6) is -0.440. The molecule has 0 saturated carbocycles. The van der Waals surface area contributed by atoms with E-state index in [1.165, 1.54) is 17.5 Å². The molecule has 0 spiro atoms. The number of fused-ring (bicyclic) bond motifs is 1. The van der Waals surface area contributed by atoms with Crippen LogP contribution in [0.1, 0.15) is 24.5 Å². The SMILES string of the molecule is CCOC(=O)CN(C)CC(=O)Nc1ccc2c(c1)CCC2. The highest BCUT2D eigenvalue weighted by molar-refractivity contribution is 5.92. The van der Waals surface area contributed by atoms with Crippen LogP contribution in [0.5, 0.6) is 0 Å². The van der Waals surface area contributed by atoms with Crippen LogP contribution in [0.4, 0.5) is 5.69 Å². The second-order valence-corrected chi connectivity index (χ2v) is 5.36. The summed E-state index contributed by atoms with van der Waals surface area (Å²) in [5, 5.41) is 2.88. The molecule has 0 radical (unpaired) electrons. The Labute approximate surface area is 125 Å². The van der Waals surface area contributed by atoms with Gasteiger partial charge in [0, 0.05) is 5.69 Å². The van der Waals surface area contributed by atoms with Gasteiger partial charge in [-0.15, -0.1) is 0 Å². The Morgan fingerprint density at radius 3 is 2.76 bits per heavy atom. The van der Waals surface area contributed by atoms with Gasteiger partial charge < -0.3 is 10.1 Å². The number of nitrogens with zero attached hydrogens (tertiary/aromatic N) is 1. The molecule has 0 aliphatic heterocycles. The predicted molar refractivity (Wildman–Crippen MR) is 81.2 cm³/mol. The van der Waals surface area contributed by atoms with Crippen molar-refractivity contribution >= 4 is 17.6 Å². The Morgan fingerprint density at radius 1 is 1.24 bits per heavy atom. The normalized spacial score (nSPS) is 13.1. The van der Waals surface area contributed by atoms with Gasteiger partial charge in [0.1, 0.15) is 0 Å². The number of esters is 1. The fourth-order valence-corrected chi connectivity index (χ4v) is 2.58. The molecule has 0 aromatic heterocycles. The first-order chi connectivity index (χ1) is 10.1. The Morgan fingerprint density at radius 2 is 2.00 bits per heavy atom. The minimum Gasteiger partial charge on any atom is -0.465 e. The molecule has 5 nitrogen and oxygen atoms in total. The summed E-state index contributed by atoms with van der Waals surface area (Å²) < 4.78 is 4.85. The number of ether oxygens (including phenoxy) is 1. The van der Waals surface area contributed by atoms with Crippen LogP contribution >= 0.6 is 0 Å². The first-order valence-electron chi connectivity index (χ1n) is 7.34. The van der Waals surface area contributed by atoms with Crippen LogP contribution in [0.3, 0.4) is 0 Å². The van der Waals surface area contributed by atoms with Gasteiger partial charge in [0.25, 0.3) is 0 Å². The monoisotopic (exact) mass is 290 g/mol. The molecule has 1 aliphatic rings. The summed E-state index contributed by atoms with van der Waals surface area (Å²) in [5.41, 5.74) is 3.53. The topological polar surface area (TPSA) is 58.6 Å². The molecule has 114 valence electrons. The third-order valence-electron chi connectivity index (χ3n) is 3.50. The minimum atomic E-state index is -0.315. The summed E-state index contributed by atoms with van der Waals surface area (Å²) in [6.45, 7) is 2.40. The second kappa shape index (κ2) is 7.22. The molecular formula is C16H22N2O3. The Hall–Kier alpha value is -1.88. The molecule has 1 aromatic rings. The van der Waals surface area contributed by atoms with Crippen molar-refractivity contribution in [2.45, 2.75) is 26.2 Å². The van der Waals surface area contributed by atoms with E-state index < -0.39 is 0 Å². The Kier molecular flexibility index (Phi) is 5.33. The van der Waals surface area contributed by atoms with Crippen molar-refractivity contribution < 1.29 is 14.3 Å². The van der Waals surface area contributed by atoms with Crippen LogP contribution in [-0.4, -0.2) is 43.5 Å². The number of carbonyl (C=O) groups excluding carboxylic acids is 2. The van der Waals surface area contributed by atoms with Gasteiger partial charge in [-0.1, -0.05) is 6.07 Å². The van der Waals surface area contributed by atoms with E-state index in [4.69, 9.17) is 4.74 Å². The van der Waals surface area contributed by atoms with Crippen LogP contribution in [0, 0.1) is 0 Å². The number of nitrogens with one attached hydrogen (secondary N) is 1. The highest BCUT2D eigenvalue weighted by atomic mass is 16.5. The first kappa shape index (κ1) is 15.5. The lowest BCUT2D eigenvalue weighted by Crippen LogP contribution is -2.34. The lowest BCUT2D eigenvalue weighted by atomic mass is 10.1. The minimum absolute atomic E-state index is 0.117. The number of hydrogen-bond donors (Lipinski definition) is 1. The van der Waals surface area contributed by atoms with Crippen molar-refractivity contribution in [3.63, 3.8) is 0 Å². The molecule has 0 heterocycles. The van der Waals surface area contributed by atoms with E-state index in [1.54, 1.807) is 18.9 Å². The summed E-state index contributed by atoms with van der Waals surface area (Å²) in [4.78, 5) is 24.9. The Bertz CT molecular complexity index is 528. The molecule has 21 heavy (non-hydrogen) atoms. The van der Waals surface area contributed by atoms with E-state index in [2.05, 4.69) is 11.4 Å². The van der Waals surface area contributed by atoms with E-state index in [1.807, 2.05) is 12.1 Å². The second-order valence-electron chi connectivity index (χ2n) is 5.36. The first-order valence-corrected chi connectivity index (χ1v) is 7.34. The number of rotatable bonds is 6. The maximum atomic E-state index is 12.0. The molecular weight excluding hydrogens is 268 g/mol. The molecule has 1 aromatic carbocycles. The van der Waals surface area contributed by atoms with E-state index in [0.29, 0.717) is 6.61 Å². The van der Waals surface area contributed by atoms with Gasteiger partial charge in [0.2, 0.25) is 5.91 Å². The zero-order valence-electron chi connectivity index (χ0n) is 12.6. The van der Waals surface area contributed by atoms with Crippen molar-refractivity contribution in [1.29, 1.82) is 0 Å². The van der Waals surface area contributed by atoms with Crippen molar-refractivity contribution in [3.05, 3.63) is 29.3 Å². The molecule has 0 saturated heterocycles. The zero-order valence-corrected chi connectivity index (χ0v) is 12.6. The number of carbonyl (C=O) groups is 2. The van der Waals surface area contributed by atoms with Crippen molar-refractivity contribution in [1.82, 2.24) is 4.90 Å². The number of likely N-dealkylation sites (N-methyl/N-ethyl adjacent to an activating group) is 1. The number of anilines is 1. The zero-order chi connectivity index (χ0) is 15.2. The fourth-order valence-electron chi connectivity index (χ4n) is 2.58.